The molecule has 0 radical (unpaired) electrons. The first-order valence-electron chi connectivity index (χ1n) is 7.18. The molecule has 0 bridgehead atoms. The highest BCUT2D eigenvalue weighted by Gasteiger charge is 2.23. The number of allylic oxidation sites excluding steroid dienone is 3. The van der Waals surface area contributed by atoms with Crippen LogP contribution in [0, 0.1) is 0 Å². The summed E-state index contributed by atoms with van der Waals surface area (Å²) in [5, 5.41) is 3.37. The number of nitrogens with two attached hydrogens (primary N) is 1. The van der Waals surface area contributed by atoms with E-state index in [0.29, 0.717) is 10.6 Å². The summed E-state index contributed by atoms with van der Waals surface area (Å²) in [6.45, 7) is 1.88. The van der Waals surface area contributed by atoms with Crippen LogP contribution in [0.4, 0.5) is 5.00 Å². The summed E-state index contributed by atoms with van der Waals surface area (Å²) in [7, 11) is 0. The van der Waals surface area contributed by atoms with Gasteiger partial charge in [-0.25, -0.2) is 0 Å². The number of thiophene rings is 1. The predicted octanol–water partition coefficient (Wildman–Crippen LogP) is 3.19. The third kappa shape index (κ3) is 3.82. The van der Waals surface area contributed by atoms with Gasteiger partial charge in [0.2, 0.25) is 5.91 Å². The van der Waals surface area contributed by atoms with Crippen LogP contribution in [0.1, 0.15) is 47.0 Å². The molecule has 4 nitrogen and oxygen atoms in total. The molecule has 0 fully saturated rings. The van der Waals surface area contributed by atoms with Gasteiger partial charge >= 0.3 is 0 Å². The van der Waals surface area contributed by atoms with E-state index in [1.165, 1.54) is 28.7 Å². The molecule has 0 aliphatic heterocycles. The van der Waals surface area contributed by atoms with Gasteiger partial charge in [0.25, 0.3) is 5.91 Å². The Hall–Kier alpha value is -1.88. The number of hydrogen-bond donors (Lipinski definition) is 2. The molecule has 1 heterocycles. The van der Waals surface area contributed by atoms with Crippen molar-refractivity contribution in [2.24, 2.45) is 5.73 Å². The number of rotatable bonds is 4. The maximum atomic E-state index is 11.9. The Morgan fingerprint density at radius 3 is 2.67 bits per heavy atom. The Balaban J connectivity index is 2.27. The van der Waals surface area contributed by atoms with Crippen molar-refractivity contribution < 1.29 is 9.59 Å². The number of nitrogens with one attached hydrogen (secondary N) is 1. The molecule has 1 aromatic rings. The highest BCUT2D eigenvalue weighted by molar-refractivity contribution is 7.17. The van der Waals surface area contributed by atoms with E-state index in [1.807, 2.05) is 13.0 Å². The number of primary amides is 1. The lowest BCUT2D eigenvalue weighted by Crippen LogP contribution is -2.16. The number of anilines is 1. The van der Waals surface area contributed by atoms with Crippen LogP contribution in [0.15, 0.2) is 24.3 Å². The zero-order valence-corrected chi connectivity index (χ0v) is 13.0. The second kappa shape index (κ2) is 7.22. The van der Waals surface area contributed by atoms with E-state index in [-0.39, 0.29) is 5.91 Å². The molecule has 1 aromatic heterocycles. The normalized spacial score (nSPS) is 15.1. The molecule has 0 spiro atoms. The second-order valence-corrected chi connectivity index (χ2v) is 6.11. The molecule has 1 aliphatic carbocycles. The zero-order valence-electron chi connectivity index (χ0n) is 12.1. The fourth-order valence-corrected chi connectivity index (χ4v) is 3.80. The van der Waals surface area contributed by atoms with Crippen molar-refractivity contribution in [2.75, 3.05) is 5.32 Å². The summed E-state index contributed by atoms with van der Waals surface area (Å²) in [6.07, 6.45) is 11.9. The number of fused-ring (bicyclic) bond motifs is 1. The Morgan fingerprint density at radius 1 is 1.19 bits per heavy atom. The van der Waals surface area contributed by atoms with Crippen molar-refractivity contribution in [3.05, 3.63) is 40.3 Å². The van der Waals surface area contributed by atoms with Gasteiger partial charge in [-0.05, 0) is 38.2 Å². The maximum Gasteiger partial charge on any atom is 0.251 e. The van der Waals surface area contributed by atoms with E-state index >= 15 is 0 Å². The second-order valence-electron chi connectivity index (χ2n) is 5.01. The Kier molecular flexibility index (Phi) is 5.33. The van der Waals surface area contributed by atoms with Crippen LogP contribution >= 0.6 is 11.3 Å². The van der Waals surface area contributed by atoms with E-state index in [2.05, 4.69) is 5.32 Å². The smallest absolute Gasteiger partial charge is 0.251 e. The number of hydrogen-bond acceptors (Lipinski definition) is 3. The lowest BCUT2D eigenvalue weighted by atomic mass is 10.1. The van der Waals surface area contributed by atoms with E-state index in [4.69, 9.17) is 5.73 Å². The monoisotopic (exact) mass is 304 g/mol. The molecule has 1 aliphatic rings. The van der Waals surface area contributed by atoms with Gasteiger partial charge in [0.15, 0.2) is 0 Å². The van der Waals surface area contributed by atoms with Crippen LogP contribution in [0.5, 0.6) is 0 Å². The topological polar surface area (TPSA) is 72.2 Å². The molecule has 112 valence electrons. The van der Waals surface area contributed by atoms with Gasteiger partial charge in [-0.3, -0.25) is 9.59 Å². The lowest BCUT2D eigenvalue weighted by molar-refractivity contribution is -0.111. The quantitative estimate of drug-likeness (QED) is 0.509. The van der Waals surface area contributed by atoms with E-state index < -0.39 is 5.91 Å². The third-order valence-electron chi connectivity index (χ3n) is 3.46. The molecule has 2 rings (SSSR count). The molecule has 0 saturated heterocycles. The average molecular weight is 304 g/mol. The standard InChI is InChI=1S/C16H20N2O2S/c1-2-3-5-10-13(19)18-16-14(15(17)20)11-8-6-4-7-9-12(11)21-16/h2-3,5,10H,4,6-9H2,1H3,(H2,17,20)(H,18,19)/b3-2+,10-5+. The summed E-state index contributed by atoms with van der Waals surface area (Å²) < 4.78 is 0. The van der Waals surface area contributed by atoms with Crippen molar-refractivity contribution in [1.29, 1.82) is 0 Å². The SMILES string of the molecule is C/C=C/C=C/C(=O)Nc1sc2c(c1C(N)=O)CCCCC2. The molecule has 2 amide bonds. The van der Waals surface area contributed by atoms with Crippen LogP contribution in [0.2, 0.25) is 0 Å². The molecule has 0 saturated carbocycles. The van der Waals surface area contributed by atoms with Crippen molar-refractivity contribution >= 4 is 28.2 Å². The molecule has 0 atom stereocenters. The molecular weight excluding hydrogens is 284 g/mol. The molecule has 0 aromatic carbocycles. The number of carbonyl (C=O) groups is 2. The Labute approximate surface area is 128 Å². The van der Waals surface area contributed by atoms with Gasteiger partial charge in [-0.1, -0.05) is 24.6 Å². The summed E-state index contributed by atoms with van der Waals surface area (Å²) in [5.74, 6) is -0.700. The van der Waals surface area contributed by atoms with Crippen LogP contribution in [0.25, 0.3) is 0 Å². The Morgan fingerprint density at radius 2 is 1.95 bits per heavy atom. The molecule has 21 heavy (non-hydrogen) atoms. The lowest BCUT2D eigenvalue weighted by Gasteiger charge is -2.04. The third-order valence-corrected chi connectivity index (χ3v) is 4.66. The number of aryl methyl sites for hydroxylation is 1. The zero-order chi connectivity index (χ0) is 15.2. The fraction of sp³-hybridized carbons (Fsp3) is 0.375. The average Bonchev–Trinajstić information content (AvgIpc) is 2.61. The van der Waals surface area contributed by atoms with Crippen LogP contribution in [-0.4, -0.2) is 11.8 Å². The first-order valence-corrected chi connectivity index (χ1v) is 7.99. The molecule has 3 N–H and O–H groups in total. The van der Waals surface area contributed by atoms with E-state index in [0.717, 1.165) is 31.2 Å². The molecule has 5 heteroatoms. The first-order chi connectivity index (χ1) is 10.1. The van der Waals surface area contributed by atoms with Crippen molar-refractivity contribution in [1.82, 2.24) is 0 Å². The summed E-state index contributed by atoms with van der Waals surface area (Å²) in [6, 6.07) is 0. The van der Waals surface area contributed by atoms with Gasteiger partial charge < -0.3 is 11.1 Å². The van der Waals surface area contributed by atoms with Gasteiger partial charge in [0.05, 0.1) is 5.56 Å². The molecule has 0 unspecified atom stereocenters. The summed E-state index contributed by atoms with van der Waals surface area (Å²) in [4.78, 5) is 24.8. The van der Waals surface area contributed by atoms with E-state index in [1.54, 1.807) is 12.2 Å². The largest absolute Gasteiger partial charge is 0.365 e. The minimum absolute atomic E-state index is 0.244. The maximum absolute atomic E-state index is 11.9. The van der Waals surface area contributed by atoms with Crippen molar-refractivity contribution in [3.8, 4) is 0 Å². The van der Waals surface area contributed by atoms with Crippen molar-refractivity contribution in [3.63, 3.8) is 0 Å². The molecular formula is C16H20N2O2S. The minimum Gasteiger partial charge on any atom is -0.365 e. The number of carbonyl (C=O) groups excluding carboxylic acids is 2. The van der Waals surface area contributed by atoms with E-state index in [9.17, 15) is 9.59 Å². The van der Waals surface area contributed by atoms with Gasteiger partial charge in [0, 0.05) is 11.0 Å². The fourth-order valence-electron chi connectivity index (χ4n) is 2.50. The highest BCUT2D eigenvalue weighted by atomic mass is 32.1. The number of amides is 2. The minimum atomic E-state index is -0.456. The van der Waals surface area contributed by atoms with Gasteiger partial charge in [-0.2, -0.15) is 0 Å². The summed E-state index contributed by atoms with van der Waals surface area (Å²) in [5.41, 5.74) is 7.06. The van der Waals surface area contributed by atoms with Crippen LogP contribution in [-0.2, 0) is 17.6 Å². The van der Waals surface area contributed by atoms with Crippen molar-refractivity contribution in [2.45, 2.75) is 39.0 Å². The van der Waals surface area contributed by atoms with Gasteiger partial charge in [-0.15, -0.1) is 11.3 Å². The van der Waals surface area contributed by atoms with Gasteiger partial charge in [0.1, 0.15) is 5.00 Å². The van der Waals surface area contributed by atoms with Crippen LogP contribution in [0.3, 0.4) is 0 Å². The summed E-state index contributed by atoms with van der Waals surface area (Å²) >= 11 is 1.49. The predicted molar refractivity (Wildman–Crippen MR) is 86.7 cm³/mol. The first kappa shape index (κ1) is 15.5. The highest BCUT2D eigenvalue weighted by Crippen LogP contribution is 2.37. The Bertz CT molecular complexity index is 600. The van der Waals surface area contributed by atoms with Crippen LogP contribution < -0.4 is 11.1 Å².